The fourth-order valence-electron chi connectivity index (χ4n) is 2.38. The van der Waals surface area contributed by atoms with E-state index in [-0.39, 0.29) is 0 Å². The predicted octanol–water partition coefficient (Wildman–Crippen LogP) is 4.31. The number of pyridine rings is 1. The van der Waals surface area contributed by atoms with Crippen LogP contribution < -0.4 is 0 Å². The van der Waals surface area contributed by atoms with Crippen LogP contribution in [0.1, 0.15) is 58.1 Å². The molecule has 2 nitrogen and oxygen atoms in total. The molecule has 0 saturated carbocycles. The predicted molar refractivity (Wildman–Crippen MR) is 83.4 cm³/mol. The molecule has 0 radical (unpaired) electrons. The summed E-state index contributed by atoms with van der Waals surface area (Å²) >= 11 is 0. The molecular formula is C17H30N2. The summed E-state index contributed by atoms with van der Waals surface area (Å²) in [5.74, 6) is 0. The number of unbranched alkanes of at least 4 members (excludes halogenated alkanes) is 4. The van der Waals surface area contributed by atoms with Crippen molar-refractivity contribution in [3.8, 4) is 0 Å². The van der Waals surface area contributed by atoms with Gasteiger partial charge in [-0.2, -0.15) is 0 Å². The molecule has 1 aromatic rings. The highest BCUT2D eigenvalue weighted by Crippen LogP contribution is 2.06. The summed E-state index contributed by atoms with van der Waals surface area (Å²) in [6, 6.07) is 6.19. The van der Waals surface area contributed by atoms with E-state index in [0.29, 0.717) is 0 Å². The third kappa shape index (κ3) is 7.99. The van der Waals surface area contributed by atoms with E-state index in [4.69, 9.17) is 0 Å². The summed E-state index contributed by atoms with van der Waals surface area (Å²) in [5, 5.41) is 0. The van der Waals surface area contributed by atoms with Crippen LogP contribution in [0.4, 0.5) is 0 Å². The van der Waals surface area contributed by atoms with Crippen molar-refractivity contribution in [2.45, 2.75) is 58.8 Å². The zero-order chi connectivity index (χ0) is 13.8. The maximum Gasteiger partial charge on any atom is 0.0403 e. The molecular weight excluding hydrogens is 232 g/mol. The monoisotopic (exact) mass is 262 g/mol. The fraction of sp³-hybridized carbons (Fsp3) is 0.706. The van der Waals surface area contributed by atoms with E-state index < -0.39 is 0 Å². The van der Waals surface area contributed by atoms with Crippen LogP contribution in [0.25, 0.3) is 0 Å². The summed E-state index contributed by atoms with van der Waals surface area (Å²) in [7, 11) is 0. The zero-order valence-electron chi connectivity index (χ0n) is 12.8. The van der Waals surface area contributed by atoms with Crippen LogP contribution in [0, 0.1) is 0 Å². The van der Waals surface area contributed by atoms with Crippen molar-refractivity contribution < 1.29 is 0 Å². The van der Waals surface area contributed by atoms with Gasteiger partial charge in [-0.3, -0.25) is 4.98 Å². The van der Waals surface area contributed by atoms with Gasteiger partial charge in [-0.1, -0.05) is 39.2 Å². The Balaban J connectivity index is 2.02. The largest absolute Gasteiger partial charge is 0.304 e. The average Bonchev–Trinajstić information content (AvgIpc) is 2.46. The van der Waals surface area contributed by atoms with Crippen LogP contribution in [0.3, 0.4) is 0 Å². The van der Waals surface area contributed by atoms with Crippen molar-refractivity contribution in [3.63, 3.8) is 0 Å². The van der Waals surface area contributed by atoms with Gasteiger partial charge >= 0.3 is 0 Å². The number of rotatable bonds is 11. The minimum atomic E-state index is 1.13. The number of aromatic nitrogens is 1. The summed E-state index contributed by atoms with van der Waals surface area (Å²) in [6.07, 6.45) is 11.0. The van der Waals surface area contributed by atoms with Crippen molar-refractivity contribution in [2.75, 3.05) is 19.6 Å². The molecule has 0 aromatic carbocycles. The molecule has 108 valence electrons. The molecule has 0 bridgehead atoms. The van der Waals surface area contributed by atoms with E-state index in [1.54, 1.807) is 0 Å². The second-order valence-corrected chi connectivity index (χ2v) is 5.27. The van der Waals surface area contributed by atoms with Gasteiger partial charge in [0.25, 0.3) is 0 Å². The van der Waals surface area contributed by atoms with E-state index in [0.717, 1.165) is 6.42 Å². The van der Waals surface area contributed by atoms with E-state index in [1.807, 2.05) is 12.3 Å². The van der Waals surface area contributed by atoms with Crippen molar-refractivity contribution in [3.05, 3.63) is 30.1 Å². The quantitative estimate of drug-likeness (QED) is 0.553. The second-order valence-electron chi connectivity index (χ2n) is 5.27. The van der Waals surface area contributed by atoms with Gasteiger partial charge in [-0.15, -0.1) is 0 Å². The third-order valence-electron chi connectivity index (χ3n) is 3.66. The van der Waals surface area contributed by atoms with Gasteiger partial charge in [0.2, 0.25) is 0 Å². The van der Waals surface area contributed by atoms with Crippen molar-refractivity contribution >= 4 is 0 Å². The molecule has 1 aromatic heterocycles. The Morgan fingerprint density at radius 3 is 2.37 bits per heavy atom. The molecule has 1 rings (SSSR count). The molecule has 19 heavy (non-hydrogen) atoms. The zero-order valence-corrected chi connectivity index (χ0v) is 12.8. The average molecular weight is 262 g/mol. The summed E-state index contributed by atoms with van der Waals surface area (Å²) in [6.45, 7) is 8.30. The molecule has 0 aliphatic carbocycles. The molecule has 0 amide bonds. The fourth-order valence-corrected chi connectivity index (χ4v) is 2.38. The van der Waals surface area contributed by atoms with Crippen LogP contribution >= 0.6 is 0 Å². The van der Waals surface area contributed by atoms with Crippen LogP contribution in [0.2, 0.25) is 0 Å². The highest BCUT2D eigenvalue weighted by Gasteiger charge is 2.01. The summed E-state index contributed by atoms with van der Waals surface area (Å²) in [4.78, 5) is 6.96. The molecule has 2 heteroatoms. The maximum absolute atomic E-state index is 4.37. The third-order valence-corrected chi connectivity index (χ3v) is 3.66. The first-order chi connectivity index (χ1) is 9.36. The highest BCUT2D eigenvalue weighted by molar-refractivity contribution is 5.03. The molecule has 0 fully saturated rings. The minimum Gasteiger partial charge on any atom is -0.304 e. The number of hydrogen-bond donors (Lipinski definition) is 0. The number of aryl methyl sites for hydroxylation is 1. The second kappa shape index (κ2) is 11.0. The molecule has 0 atom stereocenters. The van der Waals surface area contributed by atoms with E-state index in [1.165, 1.54) is 63.9 Å². The molecule has 0 saturated heterocycles. The molecule has 0 unspecified atom stereocenters. The Morgan fingerprint density at radius 1 is 0.947 bits per heavy atom. The first-order valence-electron chi connectivity index (χ1n) is 7.99. The molecule has 0 aliphatic rings. The Kier molecular flexibility index (Phi) is 9.34. The topological polar surface area (TPSA) is 16.1 Å². The standard InChI is InChI=1S/C17H30N2/c1-3-5-10-15-19(4-2)16-11-6-7-12-17-13-8-9-14-18-17/h8-9,13-14H,3-7,10-12,15-16H2,1-2H3. The highest BCUT2D eigenvalue weighted by atomic mass is 15.1. The molecule has 0 aliphatic heterocycles. The lowest BCUT2D eigenvalue weighted by Gasteiger charge is -2.20. The first kappa shape index (κ1) is 16.2. The smallest absolute Gasteiger partial charge is 0.0403 e. The lowest BCUT2D eigenvalue weighted by molar-refractivity contribution is 0.275. The summed E-state index contributed by atoms with van der Waals surface area (Å²) in [5.41, 5.74) is 1.23. The lowest BCUT2D eigenvalue weighted by atomic mass is 10.1. The van der Waals surface area contributed by atoms with Gasteiger partial charge in [-0.25, -0.2) is 0 Å². The van der Waals surface area contributed by atoms with Gasteiger partial charge in [-0.05, 0) is 57.5 Å². The van der Waals surface area contributed by atoms with E-state index in [2.05, 4.69) is 35.9 Å². The minimum absolute atomic E-state index is 1.13. The van der Waals surface area contributed by atoms with Gasteiger partial charge < -0.3 is 4.90 Å². The van der Waals surface area contributed by atoms with Crippen LogP contribution in [0.15, 0.2) is 24.4 Å². The van der Waals surface area contributed by atoms with Crippen LogP contribution in [-0.2, 0) is 6.42 Å². The SMILES string of the molecule is CCCCCN(CC)CCCCCc1ccccn1. The van der Waals surface area contributed by atoms with Crippen LogP contribution in [0.5, 0.6) is 0 Å². The van der Waals surface area contributed by atoms with Crippen LogP contribution in [-0.4, -0.2) is 29.5 Å². The van der Waals surface area contributed by atoms with E-state index in [9.17, 15) is 0 Å². The molecule has 0 spiro atoms. The number of hydrogen-bond acceptors (Lipinski definition) is 2. The van der Waals surface area contributed by atoms with Gasteiger partial charge in [0.1, 0.15) is 0 Å². The summed E-state index contributed by atoms with van der Waals surface area (Å²) < 4.78 is 0. The molecule has 1 heterocycles. The Hall–Kier alpha value is -0.890. The van der Waals surface area contributed by atoms with E-state index >= 15 is 0 Å². The van der Waals surface area contributed by atoms with Gasteiger partial charge in [0.05, 0.1) is 0 Å². The maximum atomic E-state index is 4.37. The normalized spacial score (nSPS) is 11.1. The lowest BCUT2D eigenvalue weighted by Crippen LogP contribution is -2.25. The first-order valence-corrected chi connectivity index (χ1v) is 7.99. The Labute approximate surface area is 119 Å². The van der Waals surface area contributed by atoms with Gasteiger partial charge in [0, 0.05) is 11.9 Å². The molecule has 0 N–H and O–H groups in total. The van der Waals surface area contributed by atoms with Gasteiger partial charge in [0.15, 0.2) is 0 Å². The van der Waals surface area contributed by atoms with Crippen molar-refractivity contribution in [1.82, 2.24) is 9.88 Å². The van der Waals surface area contributed by atoms with Crippen molar-refractivity contribution in [2.24, 2.45) is 0 Å². The van der Waals surface area contributed by atoms with Crippen molar-refractivity contribution in [1.29, 1.82) is 0 Å². The Bertz CT molecular complexity index is 297. The Morgan fingerprint density at radius 2 is 1.74 bits per heavy atom. The number of nitrogens with zero attached hydrogens (tertiary/aromatic N) is 2.